The number of aldehydes is 1. The Morgan fingerprint density at radius 2 is 1.76 bits per heavy atom. The van der Waals surface area contributed by atoms with Gasteiger partial charge in [-0.05, 0) is 20.3 Å². The molecule has 0 aliphatic heterocycles. The van der Waals surface area contributed by atoms with Crippen molar-refractivity contribution in [3.63, 3.8) is 0 Å². The van der Waals surface area contributed by atoms with Crippen LogP contribution in [0, 0.1) is 0 Å². The zero-order valence-corrected chi connectivity index (χ0v) is 12.1. The number of ketones is 2. The molecule has 0 heterocycles. The molecule has 1 unspecified atom stereocenters. The third kappa shape index (κ3) is 9.01. The standard InChI is InChI=1S/C13H22N2O6/c1-8(7-16)14-6-12(19)10(3-4-13(20)21)15-5-11(18)9(2)17/h7-10,14-15,17H,3-6H2,1-2H3,(H,20,21)/t8-,9?,10-/m0/s1/i7D. The van der Waals surface area contributed by atoms with Gasteiger partial charge >= 0.3 is 5.97 Å². The van der Waals surface area contributed by atoms with Crippen LogP contribution < -0.4 is 10.6 Å². The van der Waals surface area contributed by atoms with Crippen LogP contribution in [0.1, 0.15) is 28.1 Å². The van der Waals surface area contributed by atoms with E-state index in [1.54, 1.807) is 0 Å². The first kappa shape index (κ1) is 17.4. The fourth-order valence-corrected chi connectivity index (χ4v) is 1.43. The van der Waals surface area contributed by atoms with Gasteiger partial charge in [-0.3, -0.25) is 14.4 Å². The van der Waals surface area contributed by atoms with Crippen molar-refractivity contribution in [2.24, 2.45) is 0 Å². The van der Waals surface area contributed by atoms with Crippen molar-refractivity contribution in [1.29, 1.82) is 0 Å². The van der Waals surface area contributed by atoms with Gasteiger partial charge in [0.15, 0.2) is 11.6 Å². The van der Waals surface area contributed by atoms with E-state index in [-0.39, 0.29) is 25.9 Å². The number of Topliss-reactive ketones (excluding diaryl/α,β-unsaturated/α-hetero) is 2. The van der Waals surface area contributed by atoms with E-state index in [2.05, 4.69) is 10.6 Å². The second-order valence-corrected chi connectivity index (χ2v) is 4.69. The SMILES string of the molecule is [2H]C(=O)[C@H](C)NCC(=O)[C@H](CCC(=O)O)NCC(=O)C(C)O. The summed E-state index contributed by atoms with van der Waals surface area (Å²) in [4.78, 5) is 44.7. The van der Waals surface area contributed by atoms with Crippen LogP contribution in [0.3, 0.4) is 0 Å². The lowest BCUT2D eigenvalue weighted by molar-refractivity contribution is -0.137. The van der Waals surface area contributed by atoms with Gasteiger partial charge in [0.05, 0.1) is 25.2 Å². The van der Waals surface area contributed by atoms with E-state index in [4.69, 9.17) is 11.6 Å². The molecule has 0 aromatic carbocycles. The van der Waals surface area contributed by atoms with Crippen LogP contribution in [-0.4, -0.2) is 65.3 Å². The normalized spacial score (nSPS) is 15.7. The van der Waals surface area contributed by atoms with Gasteiger partial charge in [-0.15, -0.1) is 0 Å². The molecule has 0 rings (SSSR count). The summed E-state index contributed by atoms with van der Waals surface area (Å²) in [5.74, 6) is -2.02. The van der Waals surface area contributed by atoms with Crippen LogP contribution in [0.15, 0.2) is 0 Å². The highest BCUT2D eigenvalue weighted by Crippen LogP contribution is 2.00. The fraction of sp³-hybridized carbons (Fsp3) is 0.692. The molecule has 4 N–H and O–H groups in total. The Labute approximate surface area is 124 Å². The molecule has 0 aromatic rings. The minimum Gasteiger partial charge on any atom is -0.481 e. The van der Waals surface area contributed by atoms with Crippen molar-refractivity contribution in [3.8, 4) is 0 Å². The van der Waals surface area contributed by atoms with Crippen molar-refractivity contribution < 1.29 is 30.8 Å². The van der Waals surface area contributed by atoms with Gasteiger partial charge in [0.1, 0.15) is 13.7 Å². The number of hydrogen-bond acceptors (Lipinski definition) is 7. The minimum atomic E-state index is -1.18. The topological polar surface area (TPSA) is 133 Å². The first-order chi connectivity index (χ1) is 10.1. The summed E-state index contributed by atoms with van der Waals surface area (Å²) in [5, 5.41) is 22.9. The maximum absolute atomic E-state index is 12.0. The Morgan fingerprint density at radius 3 is 2.24 bits per heavy atom. The smallest absolute Gasteiger partial charge is 0.303 e. The van der Waals surface area contributed by atoms with Crippen molar-refractivity contribution in [2.45, 2.75) is 44.9 Å². The number of aliphatic carboxylic acids is 1. The van der Waals surface area contributed by atoms with Crippen molar-refractivity contribution >= 4 is 23.8 Å². The van der Waals surface area contributed by atoms with Crippen LogP contribution in [-0.2, 0) is 19.2 Å². The molecule has 0 saturated heterocycles. The van der Waals surface area contributed by atoms with Gasteiger partial charge in [-0.2, -0.15) is 0 Å². The van der Waals surface area contributed by atoms with Gasteiger partial charge in [0.25, 0.3) is 0 Å². The minimum absolute atomic E-state index is 0.0217. The summed E-state index contributed by atoms with van der Waals surface area (Å²) >= 11 is 0. The second kappa shape index (κ2) is 10.1. The molecule has 21 heavy (non-hydrogen) atoms. The van der Waals surface area contributed by atoms with E-state index in [0.29, 0.717) is 0 Å². The van der Waals surface area contributed by atoms with Crippen LogP contribution in [0.4, 0.5) is 0 Å². The maximum atomic E-state index is 12.0. The van der Waals surface area contributed by atoms with E-state index < -0.39 is 42.0 Å². The fourth-order valence-electron chi connectivity index (χ4n) is 1.43. The van der Waals surface area contributed by atoms with E-state index >= 15 is 0 Å². The molecular formula is C13H22N2O6. The molecule has 8 nitrogen and oxygen atoms in total. The number of carbonyl (C=O) groups excluding carboxylic acids is 3. The van der Waals surface area contributed by atoms with E-state index in [0.717, 1.165) is 0 Å². The number of carboxylic acid groups (broad SMARTS) is 1. The molecule has 8 heteroatoms. The van der Waals surface area contributed by atoms with E-state index in [1.165, 1.54) is 13.8 Å². The summed E-state index contributed by atoms with van der Waals surface area (Å²) in [6, 6.07) is -1.71. The molecule has 120 valence electrons. The van der Waals surface area contributed by atoms with Gasteiger partial charge in [-0.1, -0.05) is 0 Å². The number of aliphatic hydroxyl groups excluding tert-OH is 1. The predicted octanol–water partition coefficient (Wildman–Crippen LogP) is -1.49. The second-order valence-electron chi connectivity index (χ2n) is 4.69. The van der Waals surface area contributed by atoms with Gasteiger partial charge in [0, 0.05) is 6.42 Å². The molecule has 0 saturated carbocycles. The Balaban J connectivity index is 4.55. The van der Waals surface area contributed by atoms with Crippen LogP contribution in [0.25, 0.3) is 0 Å². The third-order valence-corrected chi connectivity index (χ3v) is 2.78. The van der Waals surface area contributed by atoms with Gasteiger partial charge in [0.2, 0.25) is 0 Å². The quantitative estimate of drug-likeness (QED) is 0.320. The molecule has 0 aliphatic rings. The van der Waals surface area contributed by atoms with Crippen molar-refractivity contribution in [1.82, 2.24) is 10.6 Å². The van der Waals surface area contributed by atoms with Crippen molar-refractivity contribution in [3.05, 3.63) is 0 Å². The number of aliphatic hydroxyl groups is 1. The number of carbonyl (C=O) groups is 4. The van der Waals surface area contributed by atoms with Crippen molar-refractivity contribution in [2.75, 3.05) is 13.1 Å². The average Bonchev–Trinajstić information content (AvgIpc) is 2.43. The summed E-state index contributed by atoms with van der Waals surface area (Å²) in [5.41, 5.74) is 0. The zero-order chi connectivity index (χ0) is 17.3. The summed E-state index contributed by atoms with van der Waals surface area (Å²) in [7, 11) is 0. The zero-order valence-electron chi connectivity index (χ0n) is 13.1. The lowest BCUT2D eigenvalue weighted by atomic mass is 10.1. The summed E-state index contributed by atoms with van der Waals surface area (Å²) < 4.78 is 6.88. The van der Waals surface area contributed by atoms with Crippen LogP contribution in [0.2, 0.25) is 0 Å². The molecule has 0 aliphatic carbocycles. The number of nitrogens with one attached hydrogen (secondary N) is 2. The number of carboxylic acids is 1. The van der Waals surface area contributed by atoms with Gasteiger partial charge < -0.3 is 25.6 Å². The molecular weight excluding hydrogens is 280 g/mol. The first-order valence-corrected chi connectivity index (χ1v) is 6.57. The summed E-state index contributed by atoms with van der Waals surface area (Å²) in [6.07, 6.45) is -2.33. The van der Waals surface area contributed by atoms with E-state index in [1.807, 2.05) is 0 Å². The average molecular weight is 303 g/mol. The highest BCUT2D eigenvalue weighted by molar-refractivity contribution is 5.88. The molecule has 0 aromatic heterocycles. The Bertz CT molecular complexity index is 427. The molecule has 0 amide bonds. The number of hydrogen-bond donors (Lipinski definition) is 4. The molecule has 0 fully saturated rings. The highest BCUT2D eigenvalue weighted by Gasteiger charge is 2.21. The monoisotopic (exact) mass is 303 g/mol. The lowest BCUT2D eigenvalue weighted by Gasteiger charge is -2.18. The van der Waals surface area contributed by atoms with Crippen LogP contribution in [0.5, 0.6) is 0 Å². The van der Waals surface area contributed by atoms with Crippen LogP contribution >= 0.6 is 0 Å². The lowest BCUT2D eigenvalue weighted by Crippen LogP contribution is -2.46. The third-order valence-electron chi connectivity index (χ3n) is 2.78. The maximum Gasteiger partial charge on any atom is 0.303 e. The summed E-state index contributed by atoms with van der Waals surface area (Å²) in [6.45, 7) is 2.23. The highest BCUT2D eigenvalue weighted by atomic mass is 16.4. The van der Waals surface area contributed by atoms with Gasteiger partial charge in [-0.25, -0.2) is 0 Å². The molecule has 0 bridgehead atoms. The molecule has 0 spiro atoms. The molecule has 3 atom stereocenters. The largest absolute Gasteiger partial charge is 0.481 e. The Kier molecular flexibility index (Phi) is 8.41. The first-order valence-electron chi connectivity index (χ1n) is 7.07. The Morgan fingerprint density at radius 1 is 1.19 bits per heavy atom. The number of rotatable bonds is 12. The Hall–Kier alpha value is -1.64. The van der Waals surface area contributed by atoms with E-state index in [9.17, 15) is 19.2 Å². The molecule has 0 radical (unpaired) electrons. The predicted molar refractivity (Wildman–Crippen MR) is 73.9 cm³/mol.